The van der Waals surface area contributed by atoms with Gasteiger partial charge in [0.2, 0.25) is 0 Å². The van der Waals surface area contributed by atoms with E-state index in [0.29, 0.717) is 24.4 Å². The zero-order valence-electron chi connectivity index (χ0n) is 21.3. The molecule has 1 aliphatic heterocycles. The van der Waals surface area contributed by atoms with Crippen LogP contribution in [0.3, 0.4) is 0 Å². The van der Waals surface area contributed by atoms with E-state index in [0.717, 1.165) is 47.8 Å². The van der Waals surface area contributed by atoms with Crippen LogP contribution in [-0.4, -0.2) is 62.7 Å². The topological polar surface area (TPSA) is 73.9 Å². The molecule has 36 heavy (non-hydrogen) atoms. The Hall–Kier alpha value is -3.49. The number of fused-ring (bicyclic) bond motifs is 1. The Labute approximate surface area is 211 Å². The van der Waals surface area contributed by atoms with Gasteiger partial charge in [-0.2, -0.15) is 10.2 Å². The number of nitrogens with zero attached hydrogens (tertiary/aromatic N) is 5. The monoisotopic (exact) mass is 487 g/mol. The van der Waals surface area contributed by atoms with E-state index in [1.54, 1.807) is 12.1 Å². The summed E-state index contributed by atoms with van der Waals surface area (Å²) in [5, 5.41) is 9.59. The molecule has 0 radical (unpaired) electrons. The molecular weight excluding hydrogens is 454 g/mol. The van der Waals surface area contributed by atoms with Gasteiger partial charge >= 0.3 is 0 Å². The number of aromatic nitrogens is 4. The van der Waals surface area contributed by atoms with Gasteiger partial charge in [0.1, 0.15) is 18.1 Å². The summed E-state index contributed by atoms with van der Waals surface area (Å²) in [6, 6.07) is 18.0. The second kappa shape index (κ2) is 10.2. The highest BCUT2D eigenvalue weighted by atomic mass is 16.5. The number of ether oxygens (including phenoxy) is 2. The minimum absolute atomic E-state index is 0.0525. The van der Waals surface area contributed by atoms with Crippen LogP contribution in [0.4, 0.5) is 0 Å². The average Bonchev–Trinajstić information content (AvgIpc) is 3.25. The highest BCUT2D eigenvalue weighted by molar-refractivity contribution is 5.91. The third kappa shape index (κ3) is 4.79. The van der Waals surface area contributed by atoms with Crippen LogP contribution in [0, 0.1) is 0 Å². The number of rotatable bonds is 7. The Morgan fingerprint density at radius 3 is 2.50 bits per heavy atom. The molecular formula is C28H33N5O3. The third-order valence-electron chi connectivity index (χ3n) is 6.69. The first kappa shape index (κ1) is 24.2. The van der Waals surface area contributed by atoms with Gasteiger partial charge < -0.3 is 9.47 Å². The van der Waals surface area contributed by atoms with Crippen molar-refractivity contribution >= 4 is 5.52 Å². The van der Waals surface area contributed by atoms with E-state index in [1.165, 1.54) is 4.68 Å². The molecule has 8 nitrogen and oxygen atoms in total. The van der Waals surface area contributed by atoms with Gasteiger partial charge in [-0.15, -0.1) is 0 Å². The van der Waals surface area contributed by atoms with E-state index in [9.17, 15) is 4.79 Å². The van der Waals surface area contributed by atoms with Gasteiger partial charge in [0.05, 0.1) is 36.0 Å². The van der Waals surface area contributed by atoms with Crippen molar-refractivity contribution in [3.63, 3.8) is 0 Å². The second-order valence-electron chi connectivity index (χ2n) is 9.70. The van der Waals surface area contributed by atoms with E-state index in [2.05, 4.69) is 18.7 Å². The maximum Gasteiger partial charge on any atom is 0.267 e. The molecule has 1 saturated heterocycles. The van der Waals surface area contributed by atoms with Gasteiger partial charge in [-0.25, -0.2) is 9.20 Å². The van der Waals surface area contributed by atoms with Crippen molar-refractivity contribution in [1.29, 1.82) is 0 Å². The predicted octanol–water partition coefficient (Wildman–Crippen LogP) is 4.29. The van der Waals surface area contributed by atoms with E-state index in [-0.39, 0.29) is 11.6 Å². The molecule has 0 aliphatic carbocycles. The van der Waals surface area contributed by atoms with Crippen LogP contribution < -0.4 is 10.3 Å². The summed E-state index contributed by atoms with van der Waals surface area (Å²) < 4.78 is 15.2. The molecule has 0 unspecified atom stereocenters. The van der Waals surface area contributed by atoms with Crippen LogP contribution in [0.25, 0.3) is 28.0 Å². The highest BCUT2D eigenvalue weighted by Gasteiger charge is 2.25. The van der Waals surface area contributed by atoms with Crippen LogP contribution in [0.1, 0.15) is 33.7 Å². The third-order valence-corrected chi connectivity index (χ3v) is 6.69. The molecule has 5 rings (SSSR count). The van der Waals surface area contributed by atoms with Crippen LogP contribution >= 0.6 is 0 Å². The lowest BCUT2D eigenvalue weighted by Crippen LogP contribution is -2.50. The summed E-state index contributed by atoms with van der Waals surface area (Å²) in [7, 11) is 0. The predicted molar refractivity (Wildman–Crippen MR) is 140 cm³/mol. The van der Waals surface area contributed by atoms with E-state index >= 15 is 0 Å². The molecule has 1 aromatic carbocycles. The molecule has 1 aliphatic rings. The Morgan fingerprint density at radius 2 is 1.78 bits per heavy atom. The lowest BCUT2D eigenvalue weighted by molar-refractivity contribution is -0.0407. The molecule has 3 aromatic heterocycles. The summed E-state index contributed by atoms with van der Waals surface area (Å²) >= 11 is 0. The molecule has 0 saturated carbocycles. The van der Waals surface area contributed by atoms with Gasteiger partial charge in [0.25, 0.3) is 5.56 Å². The summed E-state index contributed by atoms with van der Waals surface area (Å²) in [4.78, 5) is 14.8. The summed E-state index contributed by atoms with van der Waals surface area (Å²) in [6.07, 6.45) is 1.92. The molecule has 188 valence electrons. The van der Waals surface area contributed by atoms with Crippen molar-refractivity contribution in [2.24, 2.45) is 0 Å². The molecule has 8 heteroatoms. The minimum Gasteiger partial charge on any atom is -0.492 e. The fourth-order valence-electron chi connectivity index (χ4n) is 4.84. The normalized spacial score (nSPS) is 18.7. The van der Waals surface area contributed by atoms with E-state index in [4.69, 9.17) is 19.7 Å². The maximum absolute atomic E-state index is 12.4. The lowest BCUT2D eigenvalue weighted by Gasteiger charge is -2.38. The quantitative estimate of drug-likeness (QED) is 0.387. The number of benzene rings is 1. The van der Waals surface area contributed by atoms with Crippen LogP contribution in [-0.2, 0) is 4.74 Å². The SMILES string of the molecule is CC(C)n1nc(-c2c(-c3ccccc3)nn3ccc(OCCN4[C@H](C)COC[C@@H]4C)cc23)ccc1=O. The Kier molecular flexibility index (Phi) is 6.89. The van der Waals surface area contributed by atoms with Crippen molar-refractivity contribution < 1.29 is 9.47 Å². The van der Waals surface area contributed by atoms with Crippen LogP contribution in [0.5, 0.6) is 5.75 Å². The molecule has 1 fully saturated rings. The van der Waals surface area contributed by atoms with Crippen molar-refractivity contribution in [2.75, 3.05) is 26.4 Å². The first-order chi connectivity index (χ1) is 17.4. The zero-order valence-corrected chi connectivity index (χ0v) is 21.3. The minimum atomic E-state index is -0.123. The van der Waals surface area contributed by atoms with Crippen LogP contribution in [0.15, 0.2) is 65.6 Å². The van der Waals surface area contributed by atoms with E-state index in [1.807, 2.05) is 67.0 Å². The number of hydrogen-bond donors (Lipinski definition) is 0. The largest absolute Gasteiger partial charge is 0.492 e. The first-order valence-corrected chi connectivity index (χ1v) is 12.6. The zero-order chi connectivity index (χ0) is 25.2. The highest BCUT2D eigenvalue weighted by Crippen LogP contribution is 2.35. The van der Waals surface area contributed by atoms with Gasteiger partial charge in [-0.05, 0) is 39.8 Å². The molecule has 0 N–H and O–H groups in total. The number of pyridine rings is 1. The average molecular weight is 488 g/mol. The molecule has 4 heterocycles. The van der Waals surface area contributed by atoms with Gasteiger partial charge in [-0.3, -0.25) is 9.69 Å². The van der Waals surface area contributed by atoms with Gasteiger partial charge in [-0.1, -0.05) is 30.3 Å². The molecule has 0 amide bonds. The molecule has 4 aromatic rings. The summed E-state index contributed by atoms with van der Waals surface area (Å²) in [6.45, 7) is 11.2. The van der Waals surface area contributed by atoms with Crippen molar-refractivity contribution in [2.45, 2.75) is 45.8 Å². The Bertz CT molecular complexity index is 1390. The van der Waals surface area contributed by atoms with E-state index < -0.39 is 0 Å². The number of hydrogen-bond acceptors (Lipinski definition) is 6. The van der Waals surface area contributed by atoms with Crippen molar-refractivity contribution in [1.82, 2.24) is 24.3 Å². The Morgan fingerprint density at radius 1 is 1.03 bits per heavy atom. The molecule has 0 bridgehead atoms. The fraction of sp³-hybridized carbons (Fsp3) is 0.393. The first-order valence-electron chi connectivity index (χ1n) is 12.6. The number of morpholine rings is 1. The molecule has 0 spiro atoms. The lowest BCUT2D eigenvalue weighted by atomic mass is 10.0. The standard InChI is InChI=1S/C28H33N5O3/c1-19(2)33-26(34)11-10-24(29-33)27-25-16-23(36-15-14-31-20(3)17-35-18-21(31)4)12-13-32(25)30-28(27)22-8-6-5-7-9-22/h5-13,16,19-21H,14-15,17-18H2,1-4H3/t20-,21+. The summed E-state index contributed by atoms with van der Waals surface area (Å²) in [5.74, 6) is 0.772. The van der Waals surface area contributed by atoms with Crippen molar-refractivity contribution in [3.05, 3.63) is 71.1 Å². The second-order valence-corrected chi connectivity index (χ2v) is 9.70. The Balaban J connectivity index is 1.52. The van der Waals surface area contributed by atoms with Gasteiger partial charge in [0.15, 0.2) is 0 Å². The fourth-order valence-corrected chi connectivity index (χ4v) is 4.84. The smallest absolute Gasteiger partial charge is 0.267 e. The summed E-state index contributed by atoms with van der Waals surface area (Å²) in [5.41, 5.74) is 4.12. The maximum atomic E-state index is 12.4. The van der Waals surface area contributed by atoms with Crippen LogP contribution in [0.2, 0.25) is 0 Å². The van der Waals surface area contributed by atoms with Crippen molar-refractivity contribution in [3.8, 4) is 28.3 Å². The van der Waals surface area contributed by atoms with Gasteiger partial charge in [0, 0.05) is 42.5 Å². The molecule has 2 atom stereocenters.